The predicted molar refractivity (Wildman–Crippen MR) is 147 cm³/mol. The van der Waals surface area contributed by atoms with Crippen LogP contribution in [0.5, 0.6) is 0 Å². The summed E-state index contributed by atoms with van der Waals surface area (Å²) in [4.78, 5) is 14.6. The van der Waals surface area contributed by atoms with E-state index in [1.807, 2.05) is 0 Å². The maximum atomic E-state index is 12.5. The van der Waals surface area contributed by atoms with Crippen LogP contribution in [-0.4, -0.2) is 58.0 Å². The number of nitrogens with zero attached hydrogens (tertiary/aromatic N) is 1. The van der Waals surface area contributed by atoms with Gasteiger partial charge in [0.2, 0.25) is 5.91 Å². The third-order valence-electron chi connectivity index (χ3n) is 15.2. The molecule has 5 nitrogen and oxygen atoms in total. The van der Waals surface area contributed by atoms with Crippen LogP contribution in [0.1, 0.15) is 112 Å². The maximum Gasteiger partial charge on any atom is 0.219 e. The molecule has 7 rings (SSSR count). The molecule has 1 amide bonds. The minimum absolute atomic E-state index is 0.00940. The number of carbonyl (C=O) groups excluding carboxylic acids is 1. The number of ether oxygens (including phenoxy) is 1. The van der Waals surface area contributed by atoms with Crippen molar-refractivity contribution in [3.63, 3.8) is 0 Å². The van der Waals surface area contributed by atoms with Gasteiger partial charge >= 0.3 is 0 Å². The van der Waals surface area contributed by atoms with Crippen LogP contribution in [0.15, 0.2) is 0 Å². The summed E-state index contributed by atoms with van der Waals surface area (Å²) in [5, 5.41) is 23.3. The molecule has 0 aromatic rings. The quantitative estimate of drug-likeness (QED) is 0.504. The van der Waals surface area contributed by atoms with Crippen molar-refractivity contribution < 1.29 is 19.7 Å². The Hall–Kier alpha value is -0.650. The average Bonchev–Trinajstić information content (AvgIpc) is 3.45. The lowest BCUT2D eigenvalue weighted by atomic mass is 9.41. The Bertz CT molecular complexity index is 1010. The zero-order chi connectivity index (χ0) is 27.0. The van der Waals surface area contributed by atoms with E-state index in [9.17, 15) is 15.0 Å². The van der Waals surface area contributed by atoms with Crippen molar-refractivity contribution in [3.05, 3.63) is 0 Å². The summed E-state index contributed by atoms with van der Waals surface area (Å²) < 4.78 is 6.92. The van der Waals surface area contributed by atoms with E-state index in [1.54, 1.807) is 6.92 Å². The van der Waals surface area contributed by atoms with Gasteiger partial charge in [-0.05, 0) is 116 Å². The van der Waals surface area contributed by atoms with E-state index < -0.39 is 6.10 Å². The van der Waals surface area contributed by atoms with Gasteiger partial charge in [-0.3, -0.25) is 4.79 Å². The van der Waals surface area contributed by atoms with Crippen molar-refractivity contribution >= 4 is 5.91 Å². The van der Waals surface area contributed by atoms with Gasteiger partial charge in [-0.25, -0.2) is 0 Å². The Labute approximate surface area is 230 Å². The second-order valence-corrected chi connectivity index (χ2v) is 16.4. The number of hydrogen-bond donors (Lipinski definition) is 2. The van der Waals surface area contributed by atoms with Gasteiger partial charge in [-0.1, -0.05) is 34.6 Å². The highest BCUT2D eigenvalue weighted by Gasteiger charge is 2.84. The van der Waals surface area contributed by atoms with Crippen LogP contribution in [-0.2, 0) is 9.53 Å². The topological polar surface area (TPSA) is 70.0 Å². The minimum atomic E-state index is -0.448. The van der Waals surface area contributed by atoms with Gasteiger partial charge in [0.1, 0.15) is 0 Å². The normalized spacial score (nSPS) is 56.4. The van der Waals surface area contributed by atoms with E-state index in [0.29, 0.717) is 47.1 Å². The fraction of sp³-hybridized carbons (Fsp3) is 0.970. The van der Waals surface area contributed by atoms with Crippen molar-refractivity contribution in [2.24, 2.45) is 50.7 Å². The molecule has 6 aliphatic carbocycles. The van der Waals surface area contributed by atoms with Crippen LogP contribution >= 0.6 is 0 Å². The molecule has 1 aliphatic heterocycles. The standard InChI is InChI=1S/C33H53NO4/c1-19-16-22(17-34(20(2)35)21-8-7-9-21)38-27-26(19)30(5)14-15-33-18-32(33)13-12-25(36)29(3,4)23(32)10-11-24(33)31(30,6)28(27)37/h19,21-28,36-37H,7-18H2,1-6H3/t19-,22?,23+,24?,25?,26+,27?,28+,30-,31-,32-,33+/m1/s1. The molecule has 12 atom stereocenters. The molecule has 214 valence electrons. The highest BCUT2D eigenvalue weighted by atomic mass is 16.5. The van der Waals surface area contributed by atoms with E-state index in [0.717, 1.165) is 25.7 Å². The van der Waals surface area contributed by atoms with E-state index in [4.69, 9.17) is 4.74 Å². The zero-order valence-electron chi connectivity index (χ0n) is 24.8. The van der Waals surface area contributed by atoms with Crippen LogP contribution in [0.4, 0.5) is 0 Å². The van der Waals surface area contributed by atoms with Gasteiger partial charge < -0.3 is 19.8 Å². The van der Waals surface area contributed by atoms with Gasteiger partial charge in [0.05, 0.1) is 24.4 Å². The summed E-state index contributed by atoms with van der Waals surface area (Å²) >= 11 is 0. The van der Waals surface area contributed by atoms with Crippen molar-refractivity contribution in [1.29, 1.82) is 0 Å². The van der Waals surface area contributed by atoms with Gasteiger partial charge in [0.15, 0.2) is 0 Å². The van der Waals surface area contributed by atoms with E-state index in [-0.39, 0.29) is 40.5 Å². The Balaban J connectivity index is 1.19. The molecule has 7 fully saturated rings. The Kier molecular flexibility index (Phi) is 5.53. The molecule has 5 heteroatoms. The summed E-state index contributed by atoms with van der Waals surface area (Å²) in [7, 11) is 0. The first-order valence-electron chi connectivity index (χ1n) is 16.1. The van der Waals surface area contributed by atoms with Crippen molar-refractivity contribution in [1.82, 2.24) is 4.90 Å². The largest absolute Gasteiger partial charge is 0.393 e. The highest BCUT2D eigenvalue weighted by Crippen LogP contribution is 2.89. The summed E-state index contributed by atoms with van der Waals surface area (Å²) in [5.74, 6) is 2.17. The zero-order valence-corrected chi connectivity index (χ0v) is 24.8. The number of aliphatic hydroxyl groups excluding tert-OH is 2. The lowest BCUT2D eigenvalue weighted by Crippen LogP contribution is -2.59. The lowest BCUT2D eigenvalue weighted by molar-refractivity contribution is -0.182. The fourth-order valence-electron chi connectivity index (χ4n) is 13.0. The third-order valence-corrected chi connectivity index (χ3v) is 15.2. The average molecular weight is 528 g/mol. The molecule has 4 unspecified atom stereocenters. The first-order chi connectivity index (χ1) is 17.8. The monoisotopic (exact) mass is 527 g/mol. The Morgan fingerprint density at radius 3 is 2.29 bits per heavy atom. The van der Waals surface area contributed by atoms with Gasteiger partial charge in [0, 0.05) is 24.9 Å². The summed E-state index contributed by atoms with van der Waals surface area (Å²) in [6, 6.07) is 0.384. The van der Waals surface area contributed by atoms with Crippen LogP contribution in [0.2, 0.25) is 0 Å². The second-order valence-electron chi connectivity index (χ2n) is 16.4. The van der Waals surface area contributed by atoms with Crippen molar-refractivity contribution in [2.75, 3.05) is 6.54 Å². The Morgan fingerprint density at radius 2 is 1.63 bits per heavy atom. The number of hydrogen-bond acceptors (Lipinski definition) is 4. The van der Waals surface area contributed by atoms with Crippen LogP contribution in [0, 0.1) is 50.7 Å². The molecule has 2 N–H and O–H groups in total. The van der Waals surface area contributed by atoms with Crippen molar-refractivity contribution in [3.8, 4) is 0 Å². The molecule has 38 heavy (non-hydrogen) atoms. The number of rotatable bonds is 3. The maximum absolute atomic E-state index is 12.5. The summed E-state index contributed by atoms with van der Waals surface area (Å²) in [6.45, 7) is 14.4. The van der Waals surface area contributed by atoms with E-state index in [2.05, 4.69) is 39.5 Å². The number of fused-ring (bicyclic) bond motifs is 4. The van der Waals surface area contributed by atoms with E-state index >= 15 is 0 Å². The number of amides is 1. The molecular weight excluding hydrogens is 474 g/mol. The molecule has 0 radical (unpaired) electrons. The molecule has 1 saturated heterocycles. The van der Waals surface area contributed by atoms with Gasteiger partial charge in [-0.15, -0.1) is 0 Å². The SMILES string of the molecule is CC(=O)N(CC1C[C@@H](C)[C@H]2C(O1)[C@H](O)[C@@]1(C)C3CC[C@H]4C(C)(C)C(O)CC[C@@]45C[C@@]35CC[C@]21C)C1CCC1. The molecule has 0 aromatic heterocycles. The lowest BCUT2D eigenvalue weighted by Gasteiger charge is -2.63. The van der Waals surface area contributed by atoms with Gasteiger partial charge in [0.25, 0.3) is 0 Å². The number of carbonyl (C=O) groups is 1. The first kappa shape index (κ1) is 26.3. The highest BCUT2D eigenvalue weighted by molar-refractivity contribution is 5.73. The third kappa shape index (κ3) is 2.93. The molecule has 0 aromatic carbocycles. The molecule has 6 saturated carbocycles. The molecule has 2 spiro atoms. The number of aliphatic hydroxyl groups is 2. The van der Waals surface area contributed by atoms with Crippen LogP contribution in [0.3, 0.4) is 0 Å². The first-order valence-corrected chi connectivity index (χ1v) is 16.1. The summed E-state index contributed by atoms with van der Waals surface area (Å²) in [6.07, 6.45) is 12.0. The van der Waals surface area contributed by atoms with Crippen LogP contribution in [0.25, 0.3) is 0 Å². The smallest absolute Gasteiger partial charge is 0.219 e. The fourth-order valence-corrected chi connectivity index (χ4v) is 13.0. The predicted octanol–water partition coefficient (Wildman–Crippen LogP) is 5.56. The Morgan fingerprint density at radius 1 is 0.947 bits per heavy atom. The molecule has 7 aliphatic rings. The van der Waals surface area contributed by atoms with Crippen molar-refractivity contribution in [2.45, 2.75) is 143 Å². The second kappa shape index (κ2) is 8.00. The summed E-state index contributed by atoms with van der Waals surface area (Å²) in [5.41, 5.74) is 0.633. The molecule has 1 heterocycles. The van der Waals surface area contributed by atoms with E-state index in [1.165, 1.54) is 44.9 Å². The van der Waals surface area contributed by atoms with Gasteiger partial charge in [-0.2, -0.15) is 0 Å². The molecular formula is C33H53NO4. The molecule has 0 bridgehead atoms. The van der Waals surface area contributed by atoms with Crippen LogP contribution < -0.4 is 0 Å². The minimum Gasteiger partial charge on any atom is -0.393 e.